The lowest BCUT2D eigenvalue weighted by molar-refractivity contribution is 0.275. The monoisotopic (exact) mass is 506 g/mol. The first-order valence-corrected chi connectivity index (χ1v) is 13.4. The number of benzene rings is 2. The van der Waals surface area contributed by atoms with E-state index in [1.54, 1.807) is 7.11 Å². The average molecular weight is 507 g/mol. The molecule has 0 saturated carbocycles. The number of ether oxygens (including phenoxy) is 1. The second-order valence-electron chi connectivity index (χ2n) is 10.3. The summed E-state index contributed by atoms with van der Waals surface area (Å²) in [4.78, 5) is 11.9. The Bertz CT molecular complexity index is 1370. The maximum absolute atomic E-state index is 5.34. The molecule has 38 heavy (non-hydrogen) atoms. The van der Waals surface area contributed by atoms with E-state index in [0.29, 0.717) is 0 Å². The Kier molecular flexibility index (Phi) is 6.92. The van der Waals surface area contributed by atoms with Gasteiger partial charge in [0.15, 0.2) is 5.82 Å². The van der Waals surface area contributed by atoms with Gasteiger partial charge in [0.05, 0.1) is 12.8 Å². The number of rotatable bonds is 7. The fourth-order valence-corrected chi connectivity index (χ4v) is 5.47. The predicted octanol–water partition coefficient (Wildman–Crippen LogP) is 4.62. The van der Waals surface area contributed by atoms with Crippen LogP contribution in [0, 0.1) is 6.92 Å². The van der Waals surface area contributed by atoms with E-state index in [1.807, 2.05) is 18.3 Å². The molecular formula is C31H34N6O. The van der Waals surface area contributed by atoms with E-state index in [9.17, 15) is 0 Å². The van der Waals surface area contributed by atoms with Crippen LogP contribution in [0.15, 0.2) is 72.9 Å². The molecule has 4 heterocycles. The maximum Gasteiger partial charge on any atom is 0.156 e. The number of aromatic nitrogens is 3. The van der Waals surface area contributed by atoms with Crippen molar-refractivity contribution in [1.29, 1.82) is 0 Å². The first-order chi connectivity index (χ1) is 18.7. The van der Waals surface area contributed by atoms with Crippen LogP contribution in [0.4, 0.5) is 11.6 Å². The van der Waals surface area contributed by atoms with Gasteiger partial charge in [-0.2, -0.15) is 5.10 Å². The van der Waals surface area contributed by atoms with Crippen LogP contribution >= 0.6 is 0 Å². The lowest BCUT2D eigenvalue weighted by atomic mass is 10.0. The van der Waals surface area contributed by atoms with Crippen molar-refractivity contribution < 1.29 is 4.74 Å². The summed E-state index contributed by atoms with van der Waals surface area (Å²) >= 11 is 0. The smallest absolute Gasteiger partial charge is 0.156 e. The summed E-state index contributed by atoms with van der Waals surface area (Å²) in [6, 6.07) is 23.2. The molecule has 0 radical (unpaired) electrons. The lowest BCUT2D eigenvalue weighted by Crippen LogP contribution is -2.47. The van der Waals surface area contributed by atoms with E-state index in [2.05, 4.69) is 81.2 Å². The second-order valence-corrected chi connectivity index (χ2v) is 10.3. The van der Waals surface area contributed by atoms with Gasteiger partial charge in [-0.3, -0.25) is 4.90 Å². The molecule has 6 rings (SSSR count). The van der Waals surface area contributed by atoms with Crippen LogP contribution in [0.25, 0.3) is 0 Å². The number of nitrogens with zero attached hydrogens (tertiary/aromatic N) is 6. The molecule has 0 atom stereocenters. The topological polar surface area (TPSA) is 57.6 Å². The van der Waals surface area contributed by atoms with Crippen molar-refractivity contribution in [1.82, 2.24) is 20.1 Å². The number of piperazine rings is 1. The van der Waals surface area contributed by atoms with Crippen molar-refractivity contribution >= 4 is 11.6 Å². The Balaban J connectivity index is 1.23. The van der Waals surface area contributed by atoms with E-state index in [-0.39, 0.29) is 0 Å². The standard InChI is InChI=1S/C31H34N6O/c1-23-8-13-30(32-19-23)36-14-16-37(17-15-36)31-28-22-35(20-25-9-11-26(38-2)12-10-25)21-27(28)29(33-34-31)18-24-6-4-3-5-7-24/h3-13,19H,14-18,20-22H2,1-2H3. The van der Waals surface area contributed by atoms with E-state index < -0.39 is 0 Å². The van der Waals surface area contributed by atoms with Gasteiger partial charge in [-0.1, -0.05) is 48.5 Å². The molecular weight excluding hydrogens is 472 g/mol. The van der Waals surface area contributed by atoms with Crippen LogP contribution in [0.2, 0.25) is 0 Å². The summed E-state index contributed by atoms with van der Waals surface area (Å²) in [5.41, 5.74) is 7.51. The van der Waals surface area contributed by atoms with Crippen LogP contribution in [-0.2, 0) is 26.1 Å². The SMILES string of the molecule is COc1ccc(CN2Cc3c(Cc4ccccc4)nnc(N4CCN(c5ccc(C)cn5)CC4)c3C2)cc1. The van der Waals surface area contributed by atoms with Gasteiger partial charge in [0, 0.05) is 64.0 Å². The van der Waals surface area contributed by atoms with Crippen LogP contribution in [0.5, 0.6) is 5.75 Å². The third-order valence-electron chi connectivity index (χ3n) is 7.59. The summed E-state index contributed by atoms with van der Waals surface area (Å²) in [5.74, 6) is 2.99. The van der Waals surface area contributed by atoms with Crippen molar-refractivity contribution in [2.24, 2.45) is 0 Å². The predicted molar refractivity (Wildman–Crippen MR) is 151 cm³/mol. The Hall–Kier alpha value is -3.97. The summed E-state index contributed by atoms with van der Waals surface area (Å²) in [7, 11) is 1.71. The van der Waals surface area contributed by atoms with Crippen LogP contribution < -0.4 is 14.5 Å². The summed E-state index contributed by atoms with van der Waals surface area (Å²) in [6.07, 6.45) is 2.75. The number of methoxy groups -OCH3 is 1. The van der Waals surface area contributed by atoms with Gasteiger partial charge in [-0.25, -0.2) is 4.98 Å². The Labute approximate surface area is 224 Å². The van der Waals surface area contributed by atoms with E-state index in [0.717, 1.165) is 75.3 Å². The fraction of sp³-hybridized carbons (Fsp3) is 0.323. The van der Waals surface area contributed by atoms with Crippen molar-refractivity contribution in [3.8, 4) is 5.75 Å². The quantitative estimate of drug-likeness (QED) is 0.362. The number of fused-ring (bicyclic) bond motifs is 1. The molecule has 1 fully saturated rings. The van der Waals surface area contributed by atoms with Crippen LogP contribution in [0.1, 0.15) is 33.5 Å². The summed E-state index contributed by atoms with van der Waals surface area (Å²) in [6.45, 7) is 8.40. The highest BCUT2D eigenvalue weighted by molar-refractivity contribution is 5.55. The molecule has 2 aromatic heterocycles. The molecule has 0 amide bonds. The summed E-state index contributed by atoms with van der Waals surface area (Å²) in [5, 5.41) is 9.65. The van der Waals surface area contributed by atoms with Gasteiger partial charge in [-0.15, -0.1) is 5.10 Å². The second kappa shape index (κ2) is 10.8. The zero-order valence-electron chi connectivity index (χ0n) is 22.2. The van der Waals surface area contributed by atoms with Crippen molar-refractivity contribution in [3.05, 3.63) is 106 Å². The molecule has 0 bridgehead atoms. The molecule has 0 N–H and O–H groups in total. The Morgan fingerprint density at radius 3 is 2.21 bits per heavy atom. The Morgan fingerprint density at radius 1 is 0.763 bits per heavy atom. The summed E-state index contributed by atoms with van der Waals surface area (Å²) < 4.78 is 5.34. The van der Waals surface area contributed by atoms with E-state index in [1.165, 1.54) is 27.8 Å². The number of pyridine rings is 1. The molecule has 2 aliphatic heterocycles. The molecule has 0 aliphatic carbocycles. The van der Waals surface area contributed by atoms with Crippen LogP contribution in [-0.4, -0.2) is 53.4 Å². The molecule has 4 aromatic rings. The van der Waals surface area contributed by atoms with Gasteiger partial charge in [0.25, 0.3) is 0 Å². The number of aryl methyl sites for hydroxylation is 1. The van der Waals surface area contributed by atoms with Crippen molar-refractivity contribution in [2.45, 2.75) is 33.0 Å². The molecule has 1 saturated heterocycles. The normalized spacial score (nSPS) is 15.5. The highest BCUT2D eigenvalue weighted by atomic mass is 16.5. The van der Waals surface area contributed by atoms with Gasteiger partial charge < -0.3 is 14.5 Å². The average Bonchev–Trinajstić information content (AvgIpc) is 3.39. The number of hydrogen-bond donors (Lipinski definition) is 0. The lowest BCUT2D eigenvalue weighted by Gasteiger charge is -2.36. The first-order valence-electron chi connectivity index (χ1n) is 13.4. The molecule has 0 unspecified atom stereocenters. The minimum absolute atomic E-state index is 0.805. The zero-order valence-corrected chi connectivity index (χ0v) is 22.2. The van der Waals surface area contributed by atoms with Gasteiger partial charge in [-0.05, 0) is 47.4 Å². The third kappa shape index (κ3) is 5.20. The highest BCUT2D eigenvalue weighted by Crippen LogP contribution is 2.34. The molecule has 0 spiro atoms. The third-order valence-corrected chi connectivity index (χ3v) is 7.59. The number of hydrogen-bond acceptors (Lipinski definition) is 7. The number of anilines is 2. The van der Waals surface area contributed by atoms with Crippen molar-refractivity contribution in [3.63, 3.8) is 0 Å². The van der Waals surface area contributed by atoms with Gasteiger partial charge in [0.1, 0.15) is 11.6 Å². The zero-order chi connectivity index (χ0) is 25.9. The van der Waals surface area contributed by atoms with Gasteiger partial charge >= 0.3 is 0 Å². The molecule has 2 aromatic carbocycles. The molecule has 7 nitrogen and oxygen atoms in total. The minimum Gasteiger partial charge on any atom is -0.497 e. The van der Waals surface area contributed by atoms with E-state index >= 15 is 0 Å². The fourth-order valence-electron chi connectivity index (χ4n) is 5.47. The molecule has 194 valence electrons. The van der Waals surface area contributed by atoms with Crippen LogP contribution in [0.3, 0.4) is 0 Å². The van der Waals surface area contributed by atoms with E-state index in [4.69, 9.17) is 14.9 Å². The van der Waals surface area contributed by atoms with Crippen molar-refractivity contribution in [2.75, 3.05) is 43.1 Å². The highest BCUT2D eigenvalue weighted by Gasteiger charge is 2.30. The molecule has 7 heteroatoms. The first kappa shape index (κ1) is 24.4. The van der Waals surface area contributed by atoms with Gasteiger partial charge in [0.2, 0.25) is 0 Å². The Morgan fingerprint density at radius 2 is 1.50 bits per heavy atom. The molecule has 2 aliphatic rings. The maximum atomic E-state index is 5.34. The minimum atomic E-state index is 0.805. The largest absolute Gasteiger partial charge is 0.497 e.